The third-order valence-corrected chi connectivity index (χ3v) is 6.24. The van der Waals surface area contributed by atoms with Crippen LogP contribution in [0.5, 0.6) is 0 Å². The Balaban J connectivity index is 1.66. The van der Waals surface area contributed by atoms with Crippen LogP contribution in [0, 0.1) is 0 Å². The molecule has 3 N–H and O–H groups in total. The van der Waals surface area contributed by atoms with Crippen molar-refractivity contribution >= 4 is 27.4 Å². The number of fused-ring (bicyclic) bond motifs is 1. The molecule has 3 heterocycles. The predicted molar refractivity (Wildman–Crippen MR) is 108 cm³/mol. The van der Waals surface area contributed by atoms with Crippen molar-refractivity contribution < 1.29 is 13.6 Å². The molecule has 10 heteroatoms. The molecular formula is C18H22N6O3S. The van der Waals surface area contributed by atoms with E-state index in [2.05, 4.69) is 9.98 Å². The minimum atomic E-state index is -3.20. The number of benzene rings is 1. The van der Waals surface area contributed by atoms with Crippen molar-refractivity contribution in [2.45, 2.75) is 0 Å². The number of nitrogen functional groups attached to an aromatic ring is 1. The van der Waals surface area contributed by atoms with E-state index < -0.39 is 10.0 Å². The van der Waals surface area contributed by atoms with E-state index in [0.717, 1.165) is 16.2 Å². The highest BCUT2D eigenvalue weighted by atomic mass is 32.2. The molecule has 1 aromatic heterocycles. The molecule has 0 amide bonds. The average molecular weight is 402 g/mol. The lowest BCUT2D eigenvalue weighted by atomic mass is 10.0. The van der Waals surface area contributed by atoms with E-state index in [1.165, 1.54) is 10.6 Å². The Morgan fingerprint density at radius 1 is 1.11 bits per heavy atom. The summed E-state index contributed by atoms with van der Waals surface area (Å²) < 4.78 is 25.0. The molecule has 9 nitrogen and oxygen atoms in total. The third kappa shape index (κ3) is 3.53. The van der Waals surface area contributed by atoms with Crippen LogP contribution in [0.3, 0.4) is 0 Å². The zero-order valence-electron chi connectivity index (χ0n) is 15.5. The van der Waals surface area contributed by atoms with Crippen LogP contribution in [0.15, 0.2) is 41.5 Å². The predicted octanol–water partition coefficient (Wildman–Crippen LogP) is 0.821. The number of rotatable bonds is 2. The summed E-state index contributed by atoms with van der Waals surface area (Å²) in [7, 11) is -3.20. The van der Waals surface area contributed by atoms with Crippen LogP contribution in [-0.4, -0.2) is 72.8 Å². The van der Waals surface area contributed by atoms with Crippen LogP contribution in [0.25, 0.3) is 11.1 Å². The molecule has 0 saturated carbocycles. The first-order chi connectivity index (χ1) is 13.3. The van der Waals surface area contributed by atoms with Crippen molar-refractivity contribution in [2.75, 3.05) is 49.9 Å². The van der Waals surface area contributed by atoms with Crippen molar-refractivity contribution in [3.8, 4) is 11.1 Å². The molecule has 0 atom stereocenters. The van der Waals surface area contributed by atoms with Crippen molar-refractivity contribution in [3.63, 3.8) is 0 Å². The van der Waals surface area contributed by atoms with Crippen LogP contribution in [0.2, 0.25) is 0 Å². The van der Waals surface area contributed by atoms with E-state index in [1.54, 1.807) is 6.20 Å². The van der Waals surface area contributed by atoms with Gasteiger partial charge in [0.05, 0.1) is 11.8 Å². The number of nitrogens with zero attached hydrogens (tertiary/aromatic N) is 5. The Hall–Kier alpha value is -2.69. The molecule has 0 spiro atoms. The van der Waals surface area contributed by atoms with Gasteiger partial charge in [-0.3, -0.25) is 5.21 Å². The molecule has 1 fully saturated rings. The van der Waals surface area contributed by atoms with Crippen molar-refractivity contribution in [1.82, 2.24) is 14.2 Å². The topological polar surface area (TPSA) is 115 Å². The summed E-state index contributed by atoms with van der Waals surface area (Å²) >= 11 is 0. The first-order valence-electron chi connectivity index (χ1n) is 8.90. The number of aliphatic imine (C=N–C) groups is 1. The van der Waals surface area contributed by atoms with Crippen molar-refractivity contribution in [2.24, 2.45) is 4.99 Å². The fourth-order valence-corrected chi connectivity index (χ4v) is 4.32. The molecular weight excluding hydrogens is 380 g/mol. The van der Waals surface area contributed by atoms with Gasteiger partial charge in [0.15, 0.2) is 5.82 Å². The molecule has 0 bridgehead atoms. The smallest absolute Gasteiger partial charge is 0.211 e. The highest BCUT2D eigenvalue weighted by Crippen LogP contribution is 2.29. The Morgan fingerprint density at radius 2 is 1.86 bits per heavy atom. The van der Waals surface area contributed by atoms with Gasteiger partial charge in [-0.25, -0.2) is 23.5 Å². The summed E-state index contributed by atoms with van der Waals surface area (Å²) in [5.74, 6) is 1.15. The summed E-state index contributed by atoms with van der Waals surface area (Å²) in [6.07, 6.45) is 2.92. The number of pyridine rings is 1. The van der Waals surface area contributed by atoms with Crippen LogP contribution >= 0.6 is 0 Å². The fraction of sp³-hybridized carbons (Fsp3) is 0.333. The van der Waals surface area contributed by atoms with E-state index >= 15 is 0 Å². The Morgan fingerprint density at radius 3 is 2.54 bits per heavy atom. The van der Waals surface area contributed by atoms with Crippen molar-refractivity contribution in [3.05, 3.63) is 42.1 Å². The van der Waals surface area contributed by atoms with Gasteiger partial charge in [-0.1, -0.05) is 12.1 Å². The van der Waals surface area contributed by atoms with E-state index in [9.17, 15) is 13.6 Å². The normalized spacial score (nSPS) is 18.0. The number of piperazine rings is 1. The molecule has 148 valence electrons. The molecule has 2 aliphatic rings. The maximum absolute atomic E-state index is 11.8. The van der Waals surface area contributed by atoms with E-state index in [0.29, 0.717) is 49.1 Å². The first-order valence-corrected chi connectivity index (χ1v) is 10.7. The second-order valence-corrected chi connectivity index (χ2v) is 8.87. The number of sulfonamides is 1. The third-order valence-electron chi connectivity index (χ3n) is 4.93. The standard InChI is InChI=1S/C18H22N6O3S/c1-28(26,27)23-7-5-22(6-8-23)17-16-10-14(13-3-2-4-15(19)9-13)11-20-18(16)24(25)12-21-17/h2-4,9-11,25H,5-8,12,19H2,1H3. The zero-order chi connectivity index (χ0) is 19.9. The molecule has 2 aromatic rings. The summed E-state index contributed by atoms with van der Waals surface area (Å²) in [6.45, 7) is 1.94. The molecule has 0 aliphatic carbocycles. The number of hydrogen-bond donors (Lipinski definition) is 2. The first kappa shape index (κ1) is 18.7. The van der Waals surface area contributed by atoms with Gasteiger partial charge in [0.25, 0.3) is 0 Å². The van der Waals surface area contributed by atoms with Crippen LogP contribution in [0.4, 0.5) is 11.5 Å². The average Bonchev–Trinajstić information content (AvgIpc) is 2.67. The summed E-state index contributed by atoms with van der Waals surface area (Å²) in [5, 5.41) is 11.2. The van der Waals surface area contributed by atoms with Gasteiger partial charge in [-0.2, -0.15) is 4.31 Å². The monoisotopic (exact) mass is 402 g/mol. The number of nitrogens with two attached hydrogens (primary N) is 1. The largest absolute Gasteiger partial charge is 0.399 e. The second-order valence-electron chi connectivity index (χ2n) is 6.89. The lowest BCUT2D eigenvalue weighted by Crippen LogP contribution is -2.51. The Bertz CT molecular complexity index is 1030. The van der Waals surface area contributed by atoms with Gasteiger partial charge in [-0.15, -0.1) is 0 Å². The van der Waals surface area contributed by atoms with Crippen LogP contribution in [-0.2, 0) is 10.0 Å². The zero-order valence-corrected chi connectivity index (χ0v) is 16.3. The van der Waals surface area contributed by atoms with Gasteiger partial charge in [0, 0.05) is 43.6 Å². The molecule has 4 rings (SSSR count). The summed E-state index contributed by atoms with van der Waals surface area (Å²) in [6, 6.07) is 9.44. The number of aromatic nitrogens is 1. The molecule has 28 heavy (non-hydrogen) atoms. The highest BCUT2D eigenvalue weighted by Gasteiger charge is 2.30. The van der Waals surface area contributed by atoms with Crippen LogP contribution in [0.1, 0.15) is 5.56 Å². The molecule has 0 radical (unpaired) electrons. The SMILES string of the molecule is CS(=O)(=O)N1CCN(C2=NCN(O)c3ncc(-c4cccc(N)c4)cc32)CC1. The number of amidine groups is 1. The molecule has 2 aliphatic heterocycles. The number of hydrogen-bond acceptors (Lipinski definition) is 8. The minimum Gasteiger partial charge on any atom is -0.399 e. The van der Waals surface area contributed by atoms with Crippen molar-refractivity contribution in [1.29, 1.82) is 0 Å². The molecule has 1 saturated heterocycles. The minimum absolute atomic E-state index is 0.0826. The fourth-order valence-electron chi connectivity index (χ4n) is 3.49. The van der Waals surface area contributed by atoms with Crippen LogP contribution < -0.4 is 10.8 Å². The second kappa shape index (κ2) is 7.04. The summed E-state index contributed by atoms with van der Waals surface area (Å²) in [4.78, 5) is 11.0. The lowest BCUT2D eigenvalue weighted by Gasteiger charge is -2.37. The maximum atomic E-state index is 11.8. The Labute approximate surface area is 163 Å². The van der Waals surface area contributed by atoms with Gasteiger partial charge >= 0.3 is 0 Å². The van der Waals surface area contributed by atoms with Gasteiger partial charge < -0.3 is 10.6 Å². The van der Waals surface area contributed by atoms with Gasteiger partial charge in [-0.05, 0) is 23.8 Å². The maximum Gasteiger partial charge on any atom is 0.211 e. The summed E-state index contributed by atoms with van der Waals surface area (Å²) in [5.41, 5.74) is 9.05. The van der Waals surface area contributed by atoms with Gasteiger partial charge in [0.1, 0.15) is 12.5 Å². The number of anilines is 2. The molecule has 0 unspecified atom stereocenters. The number of hydroxylamine groups is 1. The van der Waals surface area contributed by atoms with E-state index in [1.807, 2.05) is 35.2 Å². The lowest BCUT2D eigenvalue weighted by molar-refractivity contribution is 0.244. The van der Waals surface area contributed by atoms with Gasteiger partial charge in [0.2, 0.25) is 10.0 Å². The Kier molecular flexibility index (Phi) is 4.69. The quantitative estimate of drug-likeness (QED) is 0.715. The van der Waals surface area contributed by atoms with E-state index in [4.69, 9.17) is 5.73 Å². The molecule has 1 aromatic carbocycles. The highest BCUT2D eigenvalue weighted by molar-refractivity contribution is 7.88. The van der Waals surface area contributed by atoms with E-state index in [-0.39, 0.29) is 6.67 Å².